The molecule has 0 bridgehead atoms. The number of rotatable bonds is 17. The average Bonchev–Trinajstić information content (AvgIpc) is 3.07. The van der Waals surface area contributed by atoms with E-state index in [2.05, 4.69) is 17.7 Å². The van der Waals surface area contributed by atoms with Crippen LogP contribution in [-0.4, -0.2) is 79.1 Å². The first kappa shape index (κ1) is 38.4. The van der Waals surface area contributed by atoms with Crippen LogP contribution in [0.5, 0.6) is 0 Å². The van der Waals surface area contributed by atoms with Crippen LogP contribution in [0.4, 0.5) is 13.2 Å². The quantitative estimate of drug-likeness (QED) is 0.156. The predicted molar refractivity (Wildman–Crippen MR) is 187 cm³/mol. The maximum absolute atomic E-state index is 13.9. The number of hydrogen-bond donors (Lipinski definition) is 5. The Morgan fingerprint density at radius 2 is 1.67 bits per heavy atom. The molecule has 9 nitrogen and oxygen atoms in total. The van der Waals surface area contributed by atoms with Crippen molar-refractivity contribution < 1.29 is 27.2 Å². The second-order valence-corrected chi connectivity index (χ2v) is 14.0. The first-order chi connectivity index (χ1) is 23.4. The van der Waals surface area contributed by atoms with Gasteiger partial charge in [-0.1, -0.05) is 68.5 Å². The van der Waals surface area contributed by atoms with Gasteiger partial charge in [0.1, 0.15) is 6.04 Å². The first-order valence-corrected chi connectivity index (χ1v) is 17.7. The Bertz CT molecular complexity index is 1360. The Morgan fingerprint density at radius 3 is 2.33 bits per heavy atom. The number of nitrogens with one attached hydrogen (secondary N) is 2. The smallest absolute Gasteiger partial charge is 0.361 e. The lowest BCUT2D eigenvalue weighted by Gasteiger charge is -2.35. The standard InChI is InChI=1S/C37H54F3N7O2/c1-47(22-19-41,23-20-42)21-7-11-32(43)35(48)45-33(18-15-27-8-3-2-4-9-27)36(49)44-31-24-29-10-5-6-12-34(29)46(26-31)25-28-13-16-30(17-14-28)37(38,39)40/h5-6,10,12-14,16-17,24,26-27,32-34H,2-4,7-9,11,15,18-23,25,41-43H2,1H3,(H-,44,45,48,49)/p+1/t32-,33-,34?/m0/s1. The van der Waals surface area contributed by atoms with Crippen molar-refractivity contribution in [3.8, 4) is 0 Å². The minimum absolute atomic E-state index is 0.136. The molecule has 0 saturated heterocycles. The van der Waals surface area contributed by atoms with Gasteiger partial charge in [-0.2, -0.15) is 13.2 Å². The molecule has 0 aromatic heterocycles. The predicted octanol–water partition coefficient (Wildman–Crippen LogP) is 4.22. The van der Waals surface area contributed by atoms with Gasteiger partial charge in [-0.15, -0.1) is 0 Å². The molecule has 2 amide bonds. The van der Waals surface area contributed by atoms with Gasteiger partial charge in [-0.05, 0) is 60.9 Å². The van der Waals surface area contributed by atoms with Crippen molar-refractivity contribution >= 4 is 11.8 Å². The number of carbonyl (C=O) groups is 2. The van der Waals surface area contributed by atoms with E-state index in [4.69, 9.17) is 17.2 Å². The summed E-state index contributed by atoms with van der Waals surface area (Å²) >= 11 is 0. The lowest BCUT2D eigenvalue weighted by atomic mass is 9.85. The summed E-state index contributed by atoms with van der Waals surface area (Å²) in [6, 6.07) is 3.46. The van der Waals surface area contributed by atoms with Gasteiger partial charge in [0.2, 0.25) is 11.8 Å². The molecule has 1 fully saturated rings. The maximum Gasteiger partial charge on any atom is 0.416 e. The Hall–Kier alpha value is -3.45. The van der Waals surface area contributed by atoms with Crippen molar-refractivity contribution in [2.24, 2.45) is 23.1 Å². The van der Waals surface area contributed by atoms with Crippen LogP contribution in [0.25, 0.3) is 0 Å². The van der Waals surface area contributed by atoms with E-state index in [-0.39, 0.29) is 17.9 Å². The number of likely N-dealkylation sites (N-methyl/N-ethyl adjacent to an activating group) is 1. The highest BCUT2D eigenvalue weighted by atomic mass is 19.4. The number of quaternary nitrogens is 1. The van der Waals surface area contributed by atoms with E-state index >= 15 is 0 Å². The van der Waals surface area contributed by atoms with E-state index in [1.165, 1.54) is 31.4 Å². The summed E-state index contributed by atoms with van der Waals surface area (Å²) < 4.78 is 40.2. The first-order valence-electron chi connectivity index (χ1n) is 17.7. The second kappa shape index (κ2) is 18.0. The number of carbonyl (C=O) groups excluding carboxylic acids is 2. The molecule has 49 heavy (non-hydrogen) atoms. The third-order valence-electron chi connectivity index (χ3n) is 10.0. The van der Waals surface area contributed by atoms with Crippen molar-refractivity contribution in [3.63, 3.8) is 0 Å². The van der Waals surface area contributed by atoms with Crippen molar-refractivity contribution in [1.29, 1.82) is 0 Å². The minimum Gasteiger partial charge on any atom is -0.361 e. The summed E-state index contributed by atoms with van der Waals surface area (Å²) in [6.07, 6.45) is 15.5. The zero-order valence-electron chi connectivity index (χ0n) is 28.8. The van der Waals surface area contributed by atoms with E-state index in [1.54, 1.807) is 0 Å². The molecule has 12 heteroatoms. The molecule has 1 aliphatic heterocycles. The maximum atomic E-state index is 13.9. The molecular weight excluding hydrogens is 631 g/mol. The topological polar surface area (TPSA) is 140 Å². The number of fused-ring (bicyclic) bond motifs is 1. The highest BCUT2D eigenvalue weighted by molar-refractivity contribution is 5.90. The Kier molecular flexibility index (Phi) is 14.1. The number of alkyl halides is 3. The number of hydrogen-bond acceptors (Lipinski definition) is 6. The van der Waals surface area contributed by atoms with Gasteiger partial charge in [0.25, 0.3) is 0 Å². The third kappa shape index (κ3) is 11.6. The van der Waals surface area contributed by atoms with Crippen LogP contribution in [0.3, 0.4) is 0 Å². The molecule has 8 N–H and O–H groups in total. The summed E-state index contributed by atoms with van der Waals surface area (Å²) in [5.41, 5.74) is 19.5. The lowest BCUT2D eigenvalue weighted by Crippen LogP contribution is -2.53. The molecule has 1 unspecified atom stereocenters. The van der Waals surface area contributed by atoms with E-state index in [0.29, 0.717) is 49.7 Å². The number of allylic oxidation sites excluding steroid dienone is 3. The summed E-state index contributed by atoms with van der Waals surface area (Å²) in [5.74, 6) is -0.154. The minimum atomic E-state index is -4.41. The SMILES string of the molecule is C[N+](CCN)(CCN)CCC[C@H](N)C(=O)N[C@@H](CCC1CCCCC1)C(=O)NC1=CN(Cc2ccc(C(F)(F)F)cc2)C2C=CC=CC2=C1. The summed E-state index contributed by atoms with van der Waals surface area (Å²) in [4.78, 5) is 29.2. The van der Waals surface area contributed by atoms with Gasteiger partial charge in [0.15, 0.2) is 0 Å². The molecule has 0 radical (unpaired) electrons. The van der Waals surface area contributed by atoms with Crippen LogP contribution in [-0.2, 0) is 22.3 Å². The number of amides is 2. The van der Waals surface area contributed by atoms with Gasteiger partial charge >= 0.3 is 6.18 Å². The monoisotopic (exact) mass is 686 g/mol. The number of halogens is 3. The van der Waals surface area contributed by atoms with E-state index in [9.17, 15) is 22.8 Å². The fraction of sp³-hybridized carbons (Fsp3) is 0.568. The lowest BCUT2D eigenvalue weighted by molar-refractivity contribution is -0.907. The number of nitrogens with zero attached hydrogens (tertiary/aromatic N) is 2. The summed E-state index contributed by atoms with van der Waals surface area (Å²) in [7, 11) is 2.11. The molecule has 3 aliphatic rings. The molecule has 270 valence electrons. The van der Waals surface area contributed by atoms with E-state index < -0.39 is 23.8 Å². The van der Waals surface area contributed by atoms with Gasteiger partial charge in [-0.3, -0.25) is 9.59 Å². The van der Waals surface area contributed by atoms with Crippen molar-refractivity contribution in [3.05, 3.63) is 83.2 Å². The fourth-order valence-electron chi connectivity index (χ4n) is 7.12. The van der Waals surface area contributed by atoms with Crippen molar-refractivity contribution in [1.82, 2.24) is 15.5 Å². The van der Waals surface area contributed by atoms with E-state index in [1.807, 2.05) is 41.5 Å². The molecule has 1 aromatic rings. The van der Waals surface area contributed by atoms with Gasteiger partial charge < -0.3 is 37.2 Å². The second-order valence-electron chi connectivity index (χ2n) is 14.0. The summed E-state index contributed by atoms with van der Waals surface area (Å²) in [5, 5.41) is 6.00. The molecule has 1 aromatic carbocycles. The molecular formula is C37H55F3N7O2+. The van der Waals surface area contributed by atoms with Crippen LogP contribution in [0.15, 0.2) is 72.1 Å². The Balaban J connectivity index is 1.45. The summed E-state index contributed by atoms with van der Waals surface area (Å²) in [6.45, 7) is 3.83. The zero-order valence-corrected chi connectivity index (χ0v) is 28.8. The molecule has 1 saturated carbocycles. The van der Waals surface area contributed by atoms with Gasteiger partial charge in [0.05, 0.1) is 50.0 Å². The molecule has 3 atom stereocenters. The third-order valence-corrected chi connectivity index (χ3v) is 10.0. The number of benzene rings is 1. The van der Waals surface area contributed by atoms with Crippen molar-refractivity contribution in [2.75, 3.05) is 39.8 Å². The molecule has 1 heterocycles. The van der Waals surface area contributed by atoms with Crippen LogP contribution >= 0.6 is 0 Å². The molecule has 0 spiro atoms. The van der Waals surface area contributed by atoms with Gasteiger partial charge in [0, 0.05) is 25.8 Å². The number of nitrogens with two attached hydrogens (primary N) is 3. The molecule has 4 rings (SSSR count). The average molecular weight is 687 g/mol. The normalized spacial score (nSPS) is 19.5. The fourth-order valence-corrected chi connectivity index (χ4v) is 7.12. The zero-order chi connectivity index (χ0) is 35.4. The van der Waals surface area contributed by atoms with Gasteiger partial charge in [-0.25, -0.2) is 0 Å². The Morgan fingerprint density at radius 1 is 0.980 bits per heavy atom. The van der Waals surface area contributed by atoms with E-state index in [0.717, 1.165) is 67.5 Å². The van der Waals surface area contributed by atoms with Crippen LogP contribution < -0.4 is 27.8 Å². The Labute approximate surface area is 289 Å². The largest absolute Gasteiger partial charge is 0.416 e. The van der Waals surface area contributed by atoms with Crippen molar-refractivity contribution in [2.45, 2.75) is 88.6 Å². The molecule has 2 aliphatic carbocycles. The van der Waals surface area contributed by atoms with Crippen LogP contribution in [0.1, 0.15) is 68.9 Å². The van der Waals surface area contributed by atoms with Crippen LogP contribution in [0, 0.1) is 5.92 Å². The van der Waals surface area contributed by atoms with Crippen LogP contribution in [0.2, 0.25) is 0 Å². The highest BCUT2D eigenvalue weighted by Gasteiger charge is 2.31. The highest BCUT2D eigenvalue weighted by Crippen LogP contribution is 2.31.